The highest BCUT2D eigenvalue weighted by Gasteiger charge is 2.28. The van der Waals surface area contributed by atoms with Crippen molar-refractivity contribution in [2.75, 3.05) is 0 Å². The number of fused-ring (bicyclic) bond motifs is 1. The molecule has 0 aliphatic heterocycles. The van der Waals surface area contributed by atoms with Crippen molar-refractivity contribution in [2.45, 2.75) is 38.6 Å². The number of nitrogens with two attached hydrogens (primary N) is 1. The number of unbranched alkanes of at least 4 members (excludes halogenated alkanes) is 1. The second-order valence-electron chi connectivity index (χ2n) is 4.33. The maximum atomic E-state index is 6.23. The molecule has 1 aromatic carbocycles. The molecule has 0 saturated carbocycles. The Balaban J connectivity index is 2.09. The molecule has 0 bridgehead atoms. The summed E-state index contributed by atoms with van der Waals surface area (Å²) in [6, 6.07) is 8.92. The average Bonchev–Trinajstić information content (AvgIpc) is 2.54. The fraction of sp³-hybridized carbons (Fsp3) is 0.538. The maximum absolute atomic E-state index is 6.23. The van der Waals surface area contributed by atoms with Gasteiger partial charge in [-0.15, -0.1) is 0 Å². The van der Waals surface area contributed by atoms with Crippen molar-refractivity contribution in [3.63, 3.8) is 0 Å². The van der Waals surface area contributed by atoms with E-state index in [1.807, 2.05) is 0 Å². The number of hydrogen-bond donors (Lipinski definition) is 1. The van der Waals surface area contributed by atoms with Gasteiger partial charge >= 0.3 is 0 Å². The van der Waals surface area contributed by atoms with Crippen LogP contribution in [0, 0.1) is 5.92 Å². The molecular weight excluding hydrogens is 170 g/mol. The highest BCUT2D eigenvalue weighted by atomic mass is 14.7. The van der Waals surface area contributed by atoms with Gasteiger partial charge in [0.05, 0.1) is 0 Å². The van der Waals surface area contributed by atoms with E-state index < -0.39 is 0 Å². The lowest BCUT2D eigenvalue weighted by molar-refractivity contribution is 0.419. The van der Waals surface area contributed by atoms with Gasteiger partial charge in [0.1, 0.15) is 0 Å². The van der Waals surface area contributed by atoms with Crippen LogP contribution in [0.2, 0.25) is 0 Å². The lowest BCUT2D eigenvalue weighted by atomic mass is 9.95. The second kappa shape index (κ2) is 4.14. The quantitative estimate of drug-likeness (QED) is 0.777. The first-order valence-electron chi connectivity index (χ1n) is 5.66. The second-order valence-corrected chi connectivity index (χ2v) is 4.33. The Hall–Kier alpha value is -0.820. The van der Waals surface area contributed by atoms with Crippen LogP contribution in [0.25, 0.3) is 0 Å². The van der Waals surface area contributed by atoms with E-state index in [4.69, 9.17) is 5.73 Å². The lowest BCUT2D eigenvalue weighted by Crippen LogP contribution is -2.16. The smallest absolute Gasteiger partial charge is 0.0329 e. The minimum absolute atomic E-state index is 0.290. The predicted molar refractivity (Wildman–Crippen MR) is 60.1 cm³/mol. The van der Waals surface area contributed by atoms with Gasteiger partial charge in [-0.05, 0) is 29.9 Å². The summed E-state index contributed by atoms with van der Waals surface area (Å²) in [6.07, 6.45) is 5.07. The number of rotatable bonds is 3. The molecule has 0 saturated heterocycles. The molecule has 14 heavy (non-hydrogen) atoms. The Morgan fingerprint density at radius 2 is 2.14 bits per heavy atom. The summed E-state index contributed by atoms with van der Waals surface area (Å²) in [4.78, 5) is 0. The van der Waals surface area contributed by atoms with E-state index in [0.717, 1.165) is 0 Å². The van der Waals surface area contributed by atoms with Crippen LogP contribution in [-0.4, -0.2) is 0 Å². The summed E-state index contributed by atoms with van der Waals surface area (Å²) in [7, 11) is 0. The molecule has 2 N–H and O–H groups in total. The summed E-state index contributed by atoms with van der Waals surface area (Å²) < 4.78 is 0. The van der Waals surface area contributed by atoms with E-state index in [-0.39, 0.29) is 6.04 Å². The van der Waals surface area contributed by atoms with E-state index in [0.29, 0.717) is 5.92 Å². The average molecular weight is 189 g/mol. The van der Waals surface area contributed by atoms with Gasteiger partial charge in [-0.2, -0.15) is 0 Å². The van der Waals surface area contributed by atoms with Crippen LogP contribution < -0.4 is 5.73 Å². The van der Waals surface area contributed by atoms with E-state index in [2.05, 4.69) is 31.2 Å². The Morgan fingerprint density at radius 3 is 2.86 bits per heavy atom. The largest absolute Gasteiger partial charge is 0.324 e. The number of hydrogen-bond acceptors (Lipinski definition) is 1. The fourth-order valence-corrected chi connectivity index (χ4v) is 2.46. The van der Waals surface area contributed by atoms with Gasteiger partial charge in [-0.3, -0.25) is 0 Å². The molecule has 1 aliphatic carbocycles. The Kier molecular flexibility index (Phi) is 2.87. The minimum atomic E-state index is 0.290. The molecule has 0 radical (unpaired) electrons. The summed E-state index contributed by atoms with van der Waals surface area (Å²) in [5.74, 6) is 0.687. The highest BCUT2D eigenvalue weighted by molar-refractivity contribution is 5.35. The summed E-state index contributed by atoms with van der Waals surface area (Å²) in [5.41, 5.74) is 9.09. The molecule has 2 rings (SSSR count). The third kappa shape index (κ3) is 1.69. The van der Waals surface area contributed by atoms with Gasteiger partial charge < -0.3 is 5.73 Å². The van der Waals surface area contributed by atoms with Gasteiger partial charge in [0.2, 0.25) is 0 Å². The molecule has 2 unspecified atom stereocenters. The molecule has 1 nitrogen and oxygen atoms in total. The van der Waals surface area contributed by atoms with Crippen LogP contribution >= 0.6 is 0 Å². The van der Waals surface area contributed by atoms with E-state index in [9.17, 15) is 0 Å². The molecule has 0 heterocycles. The third-order valence-corrected chi connectivity index (χ3v) is 3.33. The van der Waals surface area contributed by atoms with Gasteiger partial charge in [0.25, 0.3) is 0 Å². The highest BCUT2D eigenvalue weighted by Crippen LogP contribution is 2.36. The standard InChI is InChI=1S/C13H19N/c1-2-3-6-11-9-10-7-4-5-8-12(10)13(11)14/h4-5,7-8,11,13H,2-3,6,9,14H2,1H3. The SMILES string of the molecule is CCCCC1Cc2ccccc2C1N. The van der Waals surface area contributed by atoms with Crippen molar-refractivity contribution in [3.8, 4) is 0 Å². The third-order valence-electron chi connectivity index (χ3n) is 3.33. The maximum Gasteiger partial charge on any atom is 0.0329 e. The van der Waals surface area contributed by atoms with Crippen molar-refractivity contribution < 1.29 is 0 Å². The molecular formula is C13H19N. The van der Waals surface area contributed by atoms with Crippen molar-refractivity contribution in [3.05, 3.63) is 35.4 Å². The van der Waals surface area contributed by atoms with Crippen molar-refractivity contribution in [1.29, 1.82) is 0 Å². The van der Waals surface area contributed by atoms with Crippen molar-refractivity contribution >= 4 is 0 Å². The molecule has 1 aliphatic rings. The fourth-order valence-electron chi connectivity index (χ4n) is 2.46. The van der Waals surface area contributed by atoms with E-state index >= 15 is 0 Å². The molecule has 0 aromatic heterocycles. The van der Waals surface area contributed by atoms with Gasteiger partial charge in [0, 0.05) is 6.04 Å². The zero-order valence-corrected chi connectivity index (χ0v) is 8.87. The first-order chi connectivity index (χ1) is 6.83. The van der Waals surface area contributed by atoms with Crippen LogP contribution in [0.15, 0.2) is 24.3 Å². The minimum Gasteiger partial charge on any atom is -0.324 e. The topological polar surface area (TPSA) is 26.0 Å². The lowest BCUT2D eigenvalue weighted by Gasteiger charge is -2.14. The first-order valence-corrected chi connectivity index (χ1v) is 5.66. The zero-order valence-electron chi connectivity index (χ0n) is 8.87. The van der Waals surface area contributed by atoms with Crippen LogP contribution in [-0.2, 0) is 6.42 Å². The van der Waals surface area contributed by atoms with Crippen molar-refractivity contribution in [2.24, 2.45) is 11.7 Å². The van der Waals surface area contributed by atoms with Crippen LogP contribution in [0.3, 0.4) is 0 Å². The Bertz CT molecular complexity index is 306. The molecule has 2 atom stereocenters. The first kappa shape index (κ1) is 9.72. The van der Waals surface area contributed by atoms with Gasteiger partial charge in [0.15, 0.2) is 0 Å². The number of benzene rings is 1. The molecule has 0 spiro atoms. The van der Waals surface area contributed by atoms with Crippen molar-refractivity contribution in [1.82, 2.24) is 0 Å². The summed E-state index contributed by atoms with van der Waals surface area (Å²) in [6.45, 7) is 2.24. The Labute approximate surface area is 86.3 Å². The van der Waals surface area contributed by atoms with Crippen LogP contribution in [0.5, 0.6) is 0 Å². The van der Waals surface area contributed by atoms with Gasteiger partial charge in [-0.1, -0.05) is 44.0 Å². The van der Waals surface area contributed by atoms with Crippen LogP contribution in [0.4, 0.5) is 0 Å². The van der Waals surface area contributed by atoms with E-state index in [1.165, 1.54) is 36.8 Å². The summed E-state index contributed by atoms with van der Waals surface area (Å²) in [5, 5.41) is 0. The zero-order chi connectivity index (χ0) is 9.97. The molecule has 0 amide bonds. The van der Waals surface area contributed by atoms with E-state index in [1.54, 1.807) is 0 Å². The summed E-state index contributed by atoms with van der Waals surface area (Å²) >= 11 is 0. The monoisotopic (exact) mass is 189 g/mol. The normalized spacial score (nSPS) is 25.0. The predicted octanol–water partition coefficient (Wildman–Crippen LogP) is 3.05. The molecule has 76 valence electrons. The molecule has 1 aromatic rings. The van der Waals surface area contributed by atoms with Gasteiger partial charge in [-0.25, -0.2) is 0 Å². The van der Waals surface area contributed by atoms with Crippen LogP contribution in [0.1, 0.15) is 43.4 Å². The Morgan fingerprint density at radius 1 is 1.36 bits per heavy atom. The molecule has 1 heteroatoms. The molecule has 0 fully saturated rings.